The lowest BCUT2D eigenvalue weighted by molar-refractivity contribution is 0.468. The minimum atomic E-state index is 0.0390. The summed E-state index contributed by atoms with van der Waals surface area (Å²) in [5, 5.41) is 9.39. The van der Waals surface area contributed by atoms with Crippen LogP contribution in [0.15, 0.2) is 18.2 Å². The van der Waals surface area contributed by atoms with Gasteiger partial charge in [0.25, 0.3) is 0 Å². The molecule has 0 aromatic heterocycles. The number of phenolic OH excluding ortho intramolecular Hbond substituents is 1. The fraction of sp³-hybridized carbons (Fsp3) is 0.400. The fourth-order valence-electron chi connectivity index (χ4n) is 1.26. The van der Waals surface area contributed by atoms with Gasteiger partial charge in [0, 0.05) is 6.04 Å². The van der Waals surface area contributed by atoms with Crippen molar-refractivity contribution in [2.24, 2.45) is 5.73 Å². The van der Waals surface area contributed by atoms with Crippen LogP contribution in [-0.4, -0.2) is 5.11 Å². The topological polar surface area (TPSA) is 46.2 Å². The Hall–Kier alpha value is -1.02. The van der Waals surface area contributed by atoms with Gasteiger partial charge in [-0.1, -0.05) is 19.1 Å². The second-order valence-electron chi connectivity index (χ2n) is 3.01. The molecule has 66 valence electrons. The highest BCUT2D eigenvalue weighted by atomic mass is 16.3. The lowest BCUT2D eigenvalue weighted by Crippen LogP contribution is -2.09. The normalized spacial score (nSPS) is 12.9. The fourth-order valence-corrected chi connectivity index (χ4v) is 1.26. The number of phenols is 1. The Morgan fingerprint density at radius 1 is 1.50 bits per heavy atom. The first-order valence-corrected chi connectivity index (χ1v) is 4.20. The molecule has 0 fully saturated rings. The van der Waals surface area contributed by atoms with E-state index in [1.807, 2.05) is 26.0 Å². The van der Waals surface area contributed by atoms with Gasteiger partial charge in [-0.05, 0) is 30.5 Å². The van der Waals surface area contributed by atoms with Crippen LogP contribution in [0.5, 0.6) is 5.75 Å². The highest BCUT2D eigenvalue weighted by Gasteiger charge is 2.08. The van der Waals surface area contributed by atoms with Crippen molar-refractivity contribution in [1.82, 2.24) is 0 Å². The maximum atomic E-state index is 9.39. The van der Waals surface area contributed by atoms with E-state index < -0.39 is 0 Å². The van der Waals surface area contributed by atoms with Crippen LogP contribution < -0.4 is 5.73 Å². The van der Waals surface area contributed by atoms with Crippen molar-refractivity contribution < 1.29 is 5.11 Å². The molecule has 0 aliphatic carbocycles. The van der Waals surface area contributed by atoms with Gasteiger partial charge >= 0.3 is 0 Å². The van der Waals surface area contributed by atoms with Crippen LogP contribution in [0.2, 0.25) is 0 Å². The van der Waals surface area contributed by atoms with Crippen molar-refractivity contribution in [3.8, 4) is 5.75 Å². The average molecular weight is 165 g/mol. The molecule has 0 aliphatic heterocycles. The van der Waals surface area contributed by atoms with E-state index in [-0.39, 0.29) is 6.04 Å². The molecule has 2 nitrogen and oxygen atoms in total. The molecule has 0 bridgehead atoms. The summed E-state index contributed by atoms with van der Waals surface area (Å²) < 4.78 is 0. The Balaban J connectivity index is 3.07. The molecule has 0 heterocycles. The summed E-state index contributed by atoms with van der Waals surface area (Å²) in [5.74, 6) is 0.330. The monoisotopic (exact) mass is 165 g/mol. The molecular weight excluding hydrogens is 150 g/mol. The third kappa shape index (κ3) is 1.59. The lowest BCUT2D eigenvalue weighted by Gasteiger charge is -2.12. The van der Waals surface area contributed by atoms with Gasteiger partial charge in [0.15, 0.2) is 0 Å². The molecule has 1 atom stereocenters. The molecule has 0 saturated heterocycles. The predicted molar refractivity (Wildman–Crippen MR) is 50.1 cm³/mol. The number of rotatable bonds is 2. The first-order valence-electron chi connectivity index (χ1n) is 4.20. The molecule has 1 aromatic rings. The average Bonchev–Trinajstić information content (AvgIpc) is 2.08. The van der Waals surface area contributed by atoms with Crippen molar-refractivity contribution in [2.75, 3.05) is 0 Å². The van der Waals surface area contributed by atoms with E-state index in [1.54, 1.807) is 6.07 Å². The third-order valence-corrected chi connectivity index (χ3v) is 2.19. The zero-order valence-corrected chi connectivity index (χ0v) is 7.54. The van der Waals surface area contributed by atoms with E-state index >= 15 is 0 Å². The van der Waals surface area contributed by atoms with E-state index in [1.165, 1.54) is 0 Å². The summed E-state index contributed by atoms with van der Waals surface area (Å²) in [6.45, 7) is 3.92. The molecule has 0 amide bonds. The molecule has 3 N–H and O–H groups in total. The van der Waals surface area contributed by atoms with Gasteiger partial charge in [-0.3, -0.25) is 0 Å². The van der Waals surface area contributed by atoms with E-state index in [2.05, 4.69) is 0 Å². The molecular formula is C10H15NO. The zero-order chi connectivity index (χ0) is 9.14. The summed E-state index contributed by atoms with van der Waals surface area (Å²) in [6.07, 6.45) is 0.893. The minimum absolute atomic E-state index is 0.0390. The number of hydrogen-bond donors (Lipinski definition) is 2. The van der Waals surface area contributed by atoms with Gasteiger partial charge in [-0.25, -0.2) is 0 Å². The Morgan fingerprint density at radius 2 is 2.17 bits per heavy atom. The molecule has 0 spiro atoms. The summed E-state index contributed by atoms with van der Waals surface area (Å²) in [6, 6.07) is 5.51. The number of aromatic hydroxyl groups is 1. The highest BCUT2D eigenvalue weighted by Crippen LogP contribution is 2.24. The second kappa shape index (κ2) is 3.59. The van der Waals surface area contributed by atoms with Crippen LogP contribution in [0.1, 0.15) is 30.5 Å². The van der Waals surface area contributed by atoms with Gasteiger partial charge in [-0.2, -0.15) is 0 Å². The molecule has 1 rings (SSSR count). The Kier molecular flexibility index (Phi) is 2.71. The second-order valence-corrected chi connectivity index (χ2v) is 3.01. The SMILES string of the molecule is CC[C@@H](N)c1cccc(O)c1C. The minimum Gasteiger partial charge on any atom is -0.508 e. The van der Waals surface area contributed by atoms with Crippen LogP contribution >= 0.6 is 0 Å². The van der Waals surface area contributed by atoms with E-state index in [0.717, 1.165) is 17.5 Å². The van der Waals surface area contributed by atoms with Crippen molar-refractivity contribution in [3.05, 3.63) is 29.3 Å². The largest absolute Gasteiger partial charge is 0.508 e. The van der Waals surface area contributed by atoms with Crippen LogP contribution in [0.3, 0.4) is 0 Å². The highest BCUT2D eigenvalue weighted by molar-refractivity contribution is 5.39. The van der Waals surface area contributed by atoms with Crippen LogP contribution in [0, 0.1) is 6.92 Å². The van der Waals surface area contributed by atoms with Gasteiger partial charge < -0.3 is 10.8 Å². The standard InChI is InChI=1S/C10H15NO/c1-3-9(11)8-5-4-6-10(12)7(8)2/h4-6,9,12H,3,11H2,1-2H3/t9-/m1/s1. The van der Waals surface area contributed by atoms with Gasteiger partial charge in [0.2, 0.25) is 0 Å². The summed E-state index contributed by atoms with van der Waals surface area (Å²) in [4.78, 5) is 0. The van der Waals surface area contributed by atoms with E-state index in [9.17, 15) is 5.11 Å². The Morgan fingerprint density at radius 3 is 2.75 bits per heavy atom. The summed E-state index contributed by atoms with van der Waals surface area (Å²) in [7, 11) is 0. The molecule has 0 radical (unpaired) electrons. The molecule has 12 heavy (non-hydrogen) atoms. The summed E-state index contributed by atoms with van der Waals surface area (Å²) >= 11 is 0. The summed E-state index contributed by atoms with van der Waals surface area (Å²) in [5.41, 5.74) is 7.79. The molecule has 2 heteroatoms. The third-order valence-electron chi connectivity index (χ3n) is 2.19. The number of nitrogens with two attached hydrogens (primary N) is 1. The Labute approximate surface area is 73.0 Å². The van der Waals surface area contributed by atoms with E-state index in [4.69, 9.17) is 5.73 Å². The van der Waals surface area contributed by atoms with Gasteiger partial charge in [0.1, 0.15) is 5.75 Å². The molecule has 0 saturated carbocycles. The lowest BCUT2D eigenvalue weighted by atomic mass is 9.99. The maximum absolute atomic E-state index is 9.39. The van der Waals surface area contributed by atoms with Crippen molar-refractivity contribution >= 4 is 0 Å². The first-order chi connectivity index (χ1) is 5.66. The van der Waals surface area contributed by atoms with Crippen molar-refractivity contribution in [2.45, 2.75) is 26.3 Å². The van der Waals surface area contributed by atoms with Crippen molar-refractivity contribution in [3.63, 3.8) is 0 Å². The van der Waals surface area contributed by atoms with Crippen LogP contribution in [-0.2, 0) is 0 Å². The Bertz CT molecular complexity index is 271. The number of benzene rings is 1. The zero-order valence-electron chi connectivity index (χ0n) is 7.54. The molecule has 0 unspecified atom stereocenters. The van der Waals surface area contributed by atoms with Crippen molar-refractivity contribution in [1.29, 1.82) is 0 Å². The molecule has 1 aromatic carbocycles. The predicted octanol–water partition coefficient (Wildman–Crippen LogP) is 2.11. The van der Waals surface area contributed by atoms with Crippen LogP contribution in [0.25, 0.3) is 0 Å². The first kappa shape index (κ1) is 9.07. The number of hydrogen-bond acceptors (Lipinski definition) is 2. The van der Waals surface area contributed by atoms with Gasteiger partial charge in [-0.15, -0.1) is 0 Å². The maximum Gasteiger partial charge on any atom is 0.118 e. The van der Waals surface area contributed by atoms with Crippen LogP contribution in [0.4, 0.5) is 0 Å². The quantitative estimate of drug-likeness (QED) is 0.705. The van der Waals surface area contributed by atoms with Gasteiger partial charge in [0.05, 0.1) is 0 Å². The molecule has 0 aliphatic rings. The van der Waals surface area contributed by atoms with E-state index in [0.29, 0.717) is 5.75 Å². The smallest absolute Gasteiger partial charge is 0.118 e.